The minimum Gasteiger partial charge on any atom is -0.487 e. The molecule has 1 radical (unpaired) electrons. The van der Waals surface area contributed by atoms with Crippen LogP contribution in [0.4, 0.5) is 4.39 Å². The lowest BCUT2D eigenvalue weighted by Gasteiger charge is -2.37. The van der Waals surface area contributed by atoms with Gasteiger partial charge in [-0.25, -0.2) is 4.39 Å². The quantitative estimate of drug-likeness (QED) is 0.816. The van der Waals surface area contributed by atoms with Crippen LogP contribution in [0.2, 0.25) is 0 Å². The molecule has 0 aliphatic carbocycles. The number of benzene rings is 1. The molecule has 0 saturated carbocycles. The Morgan fingerprint density at radius 3 is 2.43 bits per heavy atom. The fourth-order valence-electron chi connectivity index (χ4n) is 2.02. The van der Waals surface area contributed by atoms with Gasteiger partial charge in [-0.15, -0.1) is 0 Å². The van der Waals surface area contributed by atoms with E-state index in [0.717, 1.165) is 12.8 Å². The van der Waals surface area contributed by atoms with Crippen molar-refractivity contribution in [2.45, 2.75) is 57.8 Å². The van der Waals surface area contributed by atoms with E-state index in [9.17, 15) is 9.50 Å². The van der Waals surface area contributed by atoms with Gasteiger partial charge >= 0.3 is 7.48 Å². The highest BCUT2D eigenvalue weighted by molar-refractivity contribution is 6.47. The average molecular weight is 323 g/mol. The molecular formula is C17H25BFO4. The van der Waals surface area contributed by atoms with Crippen LogP contribution < -0.4 is 10.2 Å². The number of hydrogen-bond donors (Lipinski definition) is 1. The SMILES string of the molecule is CC(C)(O)C(C)(C)O[B]c1ccc(OC2CCOCC2)c(F)c1. The van der Waals surface area contributed by atoms with Gasteiger partial charge in [0, 0.05) is 12.8 Å². The Bertz CT molecular complexity index is 522. The molecule has 6 heteroatoms. The molecule has 1 aromatic rings. The first kappa shape index (κ1) is 18.2. The average Bonchev–Trinajstić information content (AvgIpc) is 2.48. The highest BCUT2D eigenvalue weighted by Crippen LogP contribution is 2.25. The van der Waals surface area contributed by atoms with Crippen molar-refractivity contribution in [2.24, 2.45) is 0 Å². The lowest BCUT2D eigenvalue weighted by molar-refractivity contribution is -0.0893. The zero-order valence-corrected chi connectivity index (χ0v) is 14.3. The first-order valence-corrected chi connectivity index (χ1v) is 7.96. The van der Waals surface area contributed by atoms with Crippen LogP contribution in [0.25, 0.3) is 0 Å². The highest BCUT2D eigenvalue weighted by atomic mass is 19.1. The lowest BCUT2D eigenvalue weighted by atomic mass is 9.82. The molecule has 4 nitrogen and oxygen atoms in total. The topological polar surface area (TPSA) is 47.9 Å². The van der Waals surface area contributed by atoms with E-state index < -0.39 is 17.0 Å². The summed E-state index contributed by atoms with van der Waals surface area (Å²) in [6.07, 6.45) is 1.55. The molecule has 1 fully saturated rings. The molecule has 127 valence electrons. The molecule has 23 heavy (non-hydrogen) atoms. The van der Waals surface area contributed by atoms with Crippen LogP contribution in [0.5, 0.6) is 5.75 Å². The van der Waals surface area contributed by atoms with E-state index in [1.807, 2.05) is 0 Å². The molecule has 1 heterocycles. The van der Waals surface area contributed by atoms with Gasteiger partial charge in [0.1, 0.15) is 6.10 Å². The monoisotopic (exact) mass is 323 g/mol. The summed E-state index contributed by atoms with van der Waals surface area (Å²) in [6, 6.07) is 4.71. The van der Waals surface area contributed by atoms with E-state index >= 15 is 0 Å². The maximum absolute atomic E-state index is 14.2. The molecule has 1 saturated heterocycles. The van der Waals surface area contributed by atoms with Crippen molar-refractivity contribution in [3.8, 4) is 5.75 Å². The molecule has 1 aromatic carbocycles. The molecule has 1 N–H and O–H groups in total. The molecule has 0 atom stereocenters. The van der Waals surface area contributed by atoms with E-state index in [0.29, 0.717) is 18.7 Å². The van der Waals surface area contributed by atoms with Crippen molar-refractivity contribution >= 4 is 12.9 Å². The molecule has 2 rings (SSSR count). The van der Waals surface area contributed by atoms with Crippen molar-refractivity contribution in [1.82, 2.24) is 0 Å². The summed E-state index contributed by atoms with van der Waals surface area (Å²) in [5.41, 5.74) is -1.23. The molecule has 1 aliphatic heterocycles. The van der Waals surface area contributed by atoms with E-state index in [-0.39, 0.29) is 11.9 Å². The first-order chi connectivity index (χ1) is 10.7. The summed E-state index contributed by atoms with van der Waals surface area (Å²) in [5.74, 6) is -0.175. The van der Waals surface area contributed by atoms with E-state index in [4.69, 9.17) is 14.1 Å². The maximum atomic E-state index is 14.2. The summed E-state index contributed by atoms with van der Waals surface area (Å²) in [6.45, 7) is 8.21. The highest BCUT2D eigenvalue weighted by Gasteiger charge is 2.35. The summed E-state index contributed by atoms with van der Waals surface area (Å²) in [5, 5.41) is 10.1. The molecule has 0 aromatic heterocycles. The van der Waals surface area contributed by atoms with Gasteiger partial charge in [-0.05, 0) is 39.8 Å². The molecule has 0 bridgehead atoms. The van der Waals surface area contributed by atoms with Crippen molar-refractivity contribution in [3.05, 3.63) is 24.0 Å². The van der Waals surface area contributed by atoms with Gasteiger partial charge < -0.3 is 19.2 Å². The zero-order chi connectivity index (χ0) is 17.1. The van der Waals surface area contributed by atoms with Gasteiger partial charge in [-0.2, -0.15) is 0 Å². The number of aliphatic hydroxyl groups is 1. The van der Waals surface area contributed by atoms with Crippen LogP contribution in [0.15, 0.2) is 18.2 Å². The van der Waals surface area contributed by atoms with Crippen molar-refractivity contribution in [1.29, 1.82) is 0 Å². The summed E-state index contributed by atoms with van der Waals surface area (Å²) in [4.78, 5) is 0. The Labute approximate surface area is 138 Å². The van der Waals surface area contributed by atoms with Gasteiger partial charge in [0.25, 0.3) is 0 Å². The molecule has 1 aliphatic rings. The Kier molecular flexibility index (Phi) is 5.71. The van der Waals surface area contributed by atoms with Gasteiger partial charge in [0.2, 0.25) is 0 Å². The van der Waals surface area contributed by atoms with Crippen molar-refractivity contribution in [2.75, 3.05) is 13.2 Å². The van der Waals surface area contributed by atoms with Gasteiger partial charge in [0.05, 0.1) is 24.4 Å². The fraction of sp³-hybridized carbons (Fsp3) is 0.647. The number of hydrogen-bond acceptors (Lipinski definition) is 4. The Balaban J connectivity index is 1.96. The molecular weight excluding hydrogens is 298 g/mol. The van der Waals surface area contributed by atoms with Crippen LogP contribution in [0.1, 0.15) is 40.5 Å². The minimum absolute atomic E-state index is 0.00143. The fourth-order valence-corrected chi connectivity index (χ4v) is 2.02. The third-order valence-electron chi connectivity index (χ3n) is 4.38. The minimum atomic E-state index is -1.02. The molecule has 0 amide bonds. The Morgan fingerprint density at radius 2 is 1.87 bits per heavy atom. The maximum Gasteiger partial charge on any atom is 0.331 e. The standard InChI is InChI=1S/C17H25BFO4/c1-16(2,20)17(3,4)23-18-12-5-6-15(14(19)11-12)22-13-7-9-21-10-8-13/h5-6,11,13,20H,7-10H2,1-4H3. The third-order valence-corrected chi connectivity index (χ3v) is 4.38. The van der Waals surface area contributed by atoms with Crippen LogP contribution in [-0.4, -0.2) is 43.1 Å². The predicted molar refractivity (Wildman–Crippen MR) is 87.7 cm³/mol. The van der Waals surface area contributed by atoms with Gasteiger partial charge in [0.15, 0.2) is 11.6 Å². The predicted octanol–water partition coefficient (Wildman–Crippen LogP) is 2.19. The van der Waals surface area contributed by atoms with Crippen LogP contribution in [0, 0.1) is 5.82 Å². The van der Waals surface area contributed by atoms with Crippen molar-refractivity contribution in [3.63, 3.8) is 0 Å². The summed E-state index contributed by atoms with van der Waals surface area (Å²) < 4.78 is 30.8. The summed E-state index contributed by atoms with van der Waals surface area (Å²) >= 11 is 0. The number of rotatable bonds is 6. The molecule has 0 unspecified atom stereocenters. The van der Waals surface area contributed by atoms with E-state index in [1.54, 1.807) is 39.8 Å². The molecule has 0 spiro atoms. The van der Waals surface area contributed by atoms with Crippen LogP contribution in [-0.2, 0) is 9.39 Å². The second kappa shape index (κ2) is 7.20. The van der Waals surface area contributed by atoms with Gasteiger partial charge in [-0.3, -0.25) is 0 Å². The zero-order valence-electron chi connectivity index (χ0n) is 14.3. The van der Waals surface area contributed by atoms with E-state index in [2.05, 4.69) is 0 Å². The lowest BCUT2D eigenvalue weighted by Crippen LogP contribution is -2.49. The summed E-state index contributed by atoms with van der Waals surface area (Å²) in [7, 11) is 1.46. The smallest absolute Gasteiger partial charge is 0.331 e. The third kappa shape index (κ3) is 4.93. The van der Waals surface area contributed by atoms with E-state index in [1.165, 1.54) is 13.5 Å². The van der Waals surface area contributed by atoms with Crippen molar-refractivity contribution < 1.29 is 23.6 Å². The Morgan fingerprint density at radius 1 is 1.22 bits per heavy atom. The first-order valence-electron chi connectivity index (χ1n) is 7.96. The largest absolute Gasteiger partial charge is 0.487 e. The number of halogens is 1. The normalized spacial score (nSPS) is 17.1. The van der Waals surface area contributed by atoms with Crippen LogP contribution >= 0.6 is 0 Å². The second-order valence-corrected chi connectivity index (χ2v) is 6.92. The van der Waals surface area contributed by atoms with Crippen LogP contribution in [0.3, 0.4) is 0 Å². The number of ether oxygens (including phenoxy) is 2. The Hall–Kier alpha value is -1.11. The second-order valence-electron chi connectivity index (χ2n) is 6.92. The van der Waals surface area contributed by atoms with Gasteiger partial charge in [-0.1, -0.05) is 11.5 Å².